The zero-order valence-corrected chi connectivity index (χ0v) is 19.9. The smallest absolute Gasteiger partial charge is 0.291 e. The van der Waals surface area contributed by atoms with E-state index in [1.54, 1.807) is 42.6 Å². The van der Waals surface area contributed by atoms with E-state index in [4.69, 9.17) is 13.9 Å². The predicted molar refractivity (Wildman–Crippen MR) is 140 cm³/mol. The fourth-order valence-corrected chi connectivity index (χ4v) is 3.85. The van der Waals surface area contributed by atoms with E-state index in [1.165, 1.54) is 13.3 Å². The molecule has 2 heterocycles. The highest BCUT2D eigenvalue weighted by molar-refractivity contribution is 6.07. The number of amides is 2. The number of nitrogens with zero attached hydrogens (tertiary/aromatic N) is 1. The third-order valence-electron chi connectivity index (χ3n) is 5.66. The van der Waals surface area contributed by atoms with Gasteiger partial charge in [0.05, 0.1) is 18.4 Å². The number of anilines is 2. The molecule has 0 aliphatic rings. The molecule has 5 aromatic rings. The maximum Gasteiger partial charge on any atom is 0.291 e. The molecule has 0 bridgehead atoms. The van der Waals surface area contributed by atoms with Crippen LogP contribution in [0.5, 0.6) is 11.5 Å². The van der Waals surface area contributed by atoms with Gasteiger partial charge in [0.15, 0.2) is 5.76 Å². The van der Waals surface area contributed by atoms with E-state index in [0.717, 1.165) is 5.39 Å². The van der Waals surface area contributed by atoms with Crippen molar-refractivity contribution in [1.29, 1.82) is 0 Å². The number of fused-ring (bicyclic) bond motifs is 1. The first kappa shape index (κ1) is 23.6. The zero-order chi connectivity index (χ0) is 25.6. The predicted octanol–water partition coefficient (Wildman–Crippen LogP) is 5.92. The van der Waals surface area contributed by atoms with Crippen LogP contribution in [0.4, 0.5) is 11.4 Å². The average molecular weight is 494 g/mol. The zero-order valence-electron chi connectivity index (χ0n) is 19.9. The number of hydrogen-bond acceptors (Lipinski definition) is 6. The molecule has 0 aliphatic heterocycles. The van der Waals surface area contributed by atoms with Gasteiger partial charge in [0.2, 0.25) is 0 Å². The van der Waals surface area contributed by atoms with Gasteiger partial charge in [0.25, 0.3) is 11.8 Å². The van der Waals surface area contributed by atoms with Crippen LogP contribution in [-0.4, -0.2) is 23.9 Å². The van der Waals surface area contributed by atoms with Crippen molar-refractivity contribution in [1.82, 2.24) is 4.98 Å². The minimum Gasteiger partial charge on any atom is -0.494 e. The normalized spacial score (nSPS) is 10.6. The highest BCUT2D eigenvalue weighted by Gasteiger charge is 2.22. The number of carbonyl (C=O) groups excluding carboxylic acids is 2. The van der Waals surface area contributed by atoms with Crippen LogP contribution in [0.3, 0.4) is 0 Å². The number of ether oxygens (including phenoxy) is 2. The summed E-state index contributed by atoms with van der Waals surface area (Å²) in [5.74, 6) is 0.468. The Morgan fingerprint density at radius 2 is 1.70 bits per heavy atom. The van der Waals surface area contributed by atoms with Gasteiger partial charge in [-0.2, -0.15) is 0 Å². The highest BCUT2D eigenvalue weighted by Crippen LogP contribution is 2.31. The lowest BCUT2D eigenvalue weighted by atomic mass is 10.1. The topological polar surface area (TPSA) is 103 Å². The first-order chi connectivity index (χ1) is 18.1. The van der Waals surface area contributed by atoms with E-state index in [0.29, 0.717) is 39.6 Å². The van der Waals surface area contributed by atoms with Gasteiger partial charge in [-0.05, 0) is 42.5 Å². The molecule has 0 fully saturated rings. The van der Waals surface area contributed by atoms with Crippen LogP contribution in [0.2, 0.25) is 0 Å². The number of furan rings is 1. The lowest BCUT2D eigenvalue weighted by molar-refractivity contribution is 0.0993. The molecule has 0 aliphatic carbocycles. The molecule has 0 atom stereocenters. The van der Waals surface area contributed by atoms with E-state index in [1.807, 2.05) is 48.5 Å². The quantitative estimate of drug-likeness (QED) is 0.278. The molecule has 2 amide bonds. The molecule has 2 N–H and O–H groups in total. The van der Waals surface area contributed by atoms with Crippen LogP contribution in [0.25, 0.3) is 11.0 Å². The Hall–Kier alpha value is -5.11. The van der Waals surface area contributed by atoms with Crippen molar-refractivity contribution >= 4 is 34.2 Å². The average Bonchev–Trinajstić information content (AvgIpc) is 3.32. The van der Waals surface area contributed by atoms with Gasteiger partial charge in [0.1, 0.15) is 23.7 Å². The lowest BCUT2D eigenvalue weighted by Gasteiger charge is -2.13. The standard InChI is InChI=1S/C29H23N3O5/c1-35-26-16-20(13-14-24(26)32-28(33)19-8-7-15-30-17-19)31-29(34)27-23(18-36-21-9-3-2-4-10-21)22-11-5-6-12-25(22)37-27/h2-17H,18H2,1H3,(H,31,34)(H,32,33). The Morgan fingerprint density at radius 3 is 2.49 bits per heavy atom. The Morgan fingerprint density at radius 1 is 0.892 bits per heavy atom. The van der Waals surface area contributed by atoms with Gasteiger partial charge in [0, 0.05) is 35.1 Å². The molecule has 0 saturated heterocycles. The molecule has 3 aromatic carbocycles. The maximum atomic E-state index is 13.3. The van der Waals surface area contributed by atoms with Crippen LogP contribution in [0.15, 0.2) is 102 Å². The minimum atomic E-state index is -0.433. The van der Waals surface area contributed by atoms with Crippen molar-refractivity contribution in [2.45, 2.75) is 6.61 Å². The maximum absolute atomic E-state index is 13.3. The molecule has 37 heavy (non-hydrogen) atoms. The number of methoxy groups -OCH3 is 1. The Balaban J connectivity index is 1.37. The summed E-state index contributed by atoms with van der Waals surface area (Å²) in [5.41, 5.74) is 2.57. The third kappa shape index (κ3) is 5.28. The van der Waals surface area contributed by atoms with Crippen LogP contribution in [-0.2, 0) is 6.61 Å². The second-order valence-electron chi connectivity index (χ2n) is 8.07. The van der Waals surface area contributed by atoms with Crippen LogP contribution in [0, 0.1) is 0 Å². The van der Waals surface area contributed by atoms with E-state index in [9.17, 15) is 9.59 Å². The number of nitrogens with one attached hydrogen (secondary N) is 2. The van der Waals surface area contributed by atoms with Gasteiger partial charge in [-0.15, -0.1) is 0 Å². The molecule has 2 aromatic heterocycles. The van der Waals surface area contributed by atoms with Crippen LogP contribution in [0.1, 0.15) is 26.5 Å². The number of carbonyl (C=O) groups is 2. The molecule has 0 radical (unpaired) electrons. The second kappa shape index (κ2) is 10.7. The number of para-hydroxylation sites is 2. The number of hydrogen-bond donors (Lipinski definition) is 2. The minimum absolute atomic E-state index is 0.157. The lowest BCUT2D eigenvalue weighted by Crippen LogP contribution is -2.15. The molecule has 0 spiro atoms. The molecule has 0 unspecified atom stereocenters. The second-order valence-corrected chi connectivity index (χ2v) is 8.07. The third-order valence-corrected chi connectivity index (χ3v) is 5.66. The number of pyridine rings is 1. The first-order valence-corrected chi connectivity index (χ1v) is 11.5. The monoisotopic (exact) mass is 493 g/mol. The van der Waals surface area contributed by atoms with E-state index >= 15 is 0 Å². The number of rotatable bonds is 8. The Kier molecular flexibility index (Phi) is 6.80. The summed E-state index contributed by atoms with van der Waals surface area (Å²) < 4.78 is 17.3. The largest absolute Gasteiger partial charge is 0.494 e. The van der Waals surface area contributed by atoms with E-state index in [2.05, 4.69) is 15.6 Å². The molecule has 0 saturated carbocycles. The van der Waals surface area contributed by atoms with Crippen molar-refractivity contribution in [2.24, 2.45) is 0 Å². The van der Waals surface area contributed by atoms with Crippen molar-refractivity contribution < 1.29 is 23.5 Å². The van der Waals surface area contributed by atoms with Gasteiger partial charge in [-0.1, -0.05) is 36.4 Å². The van der Waals surface area contributed by atoms with Crippen molar-refractivity contribution in [3.05, 3.63) is 114 Å². The summed E-state index contributed by atoms with van der Waals surface area (Å²) in [7, 11) is 1.49. The van der Waals surface area contributed by atoms with Gasteiger partial charge >= 0.3 is 0 Å². The summed E-state index contributed by atoms with van der Waals surface area (Å²) in [5, 5.41) is 6.45. The fraction of sp³-hybridized carbons (Fsp3) is 0.0690. The van der Waals surface area contributed by atoms with Gasteiger partial charge < -0.3 is 24.5 Å². The summed E-state index contributed by atoms with van der Waals surface area (Å²) >= 11 is 0. The Labute approximate surface area is 212 Å². The molecular weight excluding hydrogens is 470 g/mol. The fourth-order valence-electron chi connectivity index (χ4n) is 3.85. The van der Waals surface area contributed by atoms with E-state index < -0.39 is 5.91 Å². The van der Waals surface area contributed by atoms with Crippen molar-refractivity contribution in [3.8, 4) is 11.5 Å². The summed E-state index contributed by atoms with van der Waals surface area (Å²) in [6, 6.07) is 25.1. The number of benzene rings is 3. The molecular formula is C29H23N3O5. The first-order valence-electron chi connectivity index (χ1n) is 11.5. The van der Waals surface area contributed by atoms with Crippen molar-refractivity contribution in [2.75, 3.05) is 17.7 Å². The number of aromatic nitrogens is 1. The molecule has 8 nitrogen and oxygen atoms in total. The van der Waals surface area contributed by atoms with Crippen molar-refractivity contribution in [3.63, 3.8) is 0 Å². The summed E-state index contributed by atoms with van der Waals surface area (Å²) in [6.45, 7) is 0.159. The van der Waals surface area contributed by atoms with Crippen LogP contribution < -0.4 is 20.1 Å². The highest BCUT2D eigenvalue weighted by atomic mass is 16.5. The van der Waals surface area contributed by atoms with E-state index in [-0.39, 0.29) is 18.3 Å². The van der Waals surface area contributed by atoms with Gasteiger partial charge in [-0.25, -0.2) is 0 Å². The van der Waals surface area contributed by atoms with Gasteiger partial charge in [-0.3, -0.25) is 14.6 Å². The molecule has 8 heteroatoms. The summed E-state index contributed by atoms with van der Waals surface area (Å²) in [4.78, 5) is 29.8. The molecule has 5 rings (SSSR count). The summed E-state index contributed by atoms with van der Waals surface area (Å²) in [6.07, 6.45) is 3.07. The Bertz CT molecular complexity index is 1550. The molecule has 184 valence electrons. The SMILES string of the molecule is COc1cc(NC(=O)c2oc3ccccc3c2COc2ccccc2)ccc1NC(=O)c1cccnc1. The van der Waals surface area contributed by atoms with Crippen LogP contribution >= 0.6 is 0 Å².